The van der Waals surface area contributed by atoms with Gasteiger partial charge in [0.25, 0.3) is 11.8 Å². The molecule has 12 nitrogen and oxygen atoms in total. The van der Waals surface area contributed by atoms with Crippen molar-refractivity contribution in [1.82, 2.24) is 35.9 Å². The van der Waals surface area contributed by atoms with E-state index in [2.05, 4.69) is 40.4 Å². The number of benzene rings is 2. The first kappa shape index (κ1) is 23.3. The Balaban J connectivity index is 1.12. The Hall–Kier alpha value is -5.13. The van der Waals surface area contributed by atoms with E-state index in [1.165, 1.54) is 12.4 Å². The topological polar surface area (TPSA) is 169 Å². The Morgan fingerprint density at radius 3 is 2.68 bits per heavy atom. The second-order valence-corrected chi connectivity index (χ2v) is 8.99. The number of fused-ring (bicyclic) bond motifs is 2. The maximum atomic E-state index is 13.0. The maximum Gasteiger partial charge on any atom is 0.439 e. The van der Waals surface area contributed by atoms with Gasteiger partial charge in [-0.1, -0.05) is 28.5 Å². The summed E-state index contributed by atoms with van der Waals surface area (Å²) < 4.78 is 9.79. The van der Waals surface area contributed by atoms with Gasteiger partial charge in [0.2, 0.25) is 0 Å². The number of aromatic nitrogens is 5. The highest BCUT2D eigenvalue weighted by atomic mass is 16.5. The van der Waals surface area contributed by atoms with E-state index < -0.39 is 17.6 Å². The van der Waals surface area contributed by atoms with Gasteiger partial charge >= 0.3 is 5.76 Å². The number of carbonyl (C=O) groups excluding carboxylic acids is 2. The molecule has 0 spiro atoms. The van der Waals surface area contributed by atoms with Crippen LogP contribution in [-0.4, -0.2) is 37.1 Å². The average Bonchev–Trinajstić information content (AvgIpc) is 3.66. The van der Waals surface area contributed by atoms with Gasteiger partial charge < -0.3 is 15.2 Å². The molecule has 1 atom stereocenters. The molecule has 12 heteroatoms. The molecule has 3 aromatic heterocycles. The zero-order valence-corrected chi connectivity index (χ0v) is 20.1. The summed E-state index contributed by atoms with van der Waals surface area (Å²) in [4.78, 5) is 47.6. The quantitative estimate of drug-likeness (QED) is 0.310. The largest absolute Gasteiger partial charge is 0.439 e. The minimum absolute atomic E-state index is 0.0884. The normalized spacial score (nSPS) is 14.4. The van der Waals surface area contributed by atoms with Crippen molar-refractivity contribution < 1.29 is 18.6 Å². The molecular weight excluding hydrogens is 490 g/mol. The van der Waals surface area contributed by atoms with Crippen LogP contribution < -0.4 is 16.4 Å². The second kappa shape index (κ2) is 9.39. The van der Waals surface area contributed by atoms with Gasteiger partial charge in [-0.25, -0.2) is 14.8 Å². The number of aryl methyl sites for hydroxylation is 2. The fourth-order valence-corrected chi connectivity index (χ4v) is 4.60. The van der Waals surface area contributed by atoms with Gasteiger partial charge in [0, 0.05) is 23.6 Å². The standard InChI is InChI=1S/C26H21N7O5/c1-13-18-8-14(2-7-22(18)37-32-13)11-27-24(34)20-10-21(29-12-28-20)25(35)30-19-6-4-15-9-16(3-5-17(15)19)23-31-26(36)38-33-23/h2-3,5,7-10,12,19H,4,6,11H2,1H3,(H,27,34)(H,30,35)(H,31,33,36)/t19-/m0/s1. The number of nitrogens with one attached hydrogen (secondary N) is 3. The molecule has 38 heavy (non-hydrogen) atoms. The summed E-state index contributed by atoms with van der Waals surface area (Å²) >= 11 is 0. The van der Waals surface area contributed by atoms with Gasteiger partial charge in [-0.15, -0.1) is 0 Å². The molecule has 0 aliphatic heterocycles. The summed E-state index contributed by atoms with van der Waals surface area (Å²) in [6.45, 7) is 2.12. The molecule has 0 unspecified atom stereocenters. The SMILES string of the molecule is Cc1noc2ccc(CNC(=O)c3cc(C(=O)N[C@H]4CCc5cc(-c6noc(=O)[nH]6)ccc54)ncn3)cc12. The van der Waals surface area contributed by atoms with Crippen LogP contribution in [0.4, 0.5) is 0 Å². The first-order valence-electron chi connectivity index (χ1n) is 11.9. The molecule has 3 heterocycles. The Morgan fingerprint density at radius 1 is 1.03 bits per heavy atom. The van der Waals surface area contributed by atoms with Crippen LogP contribution >= 0.6 is 0 Å². The lowest BCUT2D eigenvalue weighted by atomic mass is 10.0. The predicted octanol–water partition coefficient (Wildman–Crippen LogP) is 2.62. The molecule has 0 saturated heterocycles. The molecule has 2 amide bonds. The van der Waals surface area contributed by atoms with Crippen molar-refractivity contribution in [2.75, 3.05) is 0 Å². The summed E-state index contributed by atoms with van der Waals surface area (Å²) in [5, 5.41) is 14.3. The molecule has 5 aromatic rings. The minimum atomic E-state index is -0.619. The summed E-state index contributed by atoms with van der Waals surface area (Å²) in [5.41, 5.74) is 5.25. The first-order chi connectivity index (χ1) is 18.4. The van der Waals surface area contributed by atoms with Crippen LogP contribution in [0.15, 0.2) is 62.6 Å². The monoisotopic (exact) mass is 511 g/mol. The van der Waals surface area contributed by atoms with Gasteiger partial charge in [0.05, 0.1) is 11.7 Å². The number of rotatable bonds is 6. The molecule has 0 fully saturated rings. The van der Waals surface area contributed by atoms with Gasteiger partial charge in [0.15, 0.2) is 11.4 Å². The van der Waals surface area contributed by atoms with Crippen LogP contribution in [0.2, 0.25) is 0 Å². The summed E-state index contributed by atoms with van der Waals surface area (Å²) in [7, 11) is 0. The molecule has 190 valence electrons. The van der Waals surface area contributed by atoms with E-state index in [-0.39, 0.29) is 24.0 Å². The van der Waals surface area contributed by atoms with E-state index in [0.717, 1.165) is 39.8 Å². The summed E-state index contributed by atoms with van der Waals surface area (Å²) in [6.07, 6.45) is 2.64. The third kappa shape index (κ3) is 4.43. The van der Waals surface area contributed by atoms with Gasteiger partial charge in [-0.3, -0.25) is 19.1 Å². The molecular formula is C26H21N7O5. The molecule has 6 rings (SSSR count). The fraction of sp³-hybridized carbons (Fsp3) is 0.192. The number of hydrogen-bond acceptors (Lipinski definition) is 9. The molecule has 0 bridgehead atoms. The van der Waals surface area contributed by atoms with Gasteiger partial charge in [-0.2, -0.15) is 0 Å². The molecule has 1 aliphatic carbocycles. The maximum absolute atomic E-state index is 13.0. The number of carbonyl (C=O) groups is 2. The number of amides is 2. The van der Waals surface area contributed by atoms with Crippen molar-refractivity contribution >= 4 is 22.8 Å². The lowest BCUT2D eigenvalue weighted by Gasteiger charge is -2.14. The van der Waals surface area contributed by atoms with Gasteiger partial charge in [-0.05, 0) is 54.7 Å². The lowest BCUT2D eigenvalue weighted by molar-refractivity contribution is 0.0931. The van der Waals surface area contributed by atoms with Crippen LogP contribution in [0.1, 0.15) is 55.8 Å². The highest BCUT2D eigenvalue weighted by molar-refractivity contribution is 5.97. The third-order valence-corrected chi connectivity index (χ3v) is 6.54. The number of hydrogen-bond donors (Lipinski definition) is 3. The van der Waals surface area contributed by atoms with E-state index in [1.807, 2.05) is 37.3 Å². The molecule has 3 N–H and O–H groups in total. The van der Waals surface area contributed by atoms with E-state index in [9.17, 15) is 14.4 Å². The zero-order chi connectivity index (χ0) is 26.2. The van der Waals surface area contributed by atoms with Crippen LogP contribution in [0, 0.1) is 6.92 Å². The summed E-state index contributed by atoms with van der Waals surface area (Å²) in [6, 6.07) is 12.3. The number of nitrogens with zero attached hydrogens (tertiary/aromatic N) is 4. The van der Waals surface area contributed by atoms with Crippen LogP contribution in [-0.2, 0) is 13.0 Å². The van der Waals surface area contributed by atoms with Crippen molar-refractivity contribution in [3.8, 4) is 11.4 Å². The Morgan fingerprint density at radius 2 is 1.87 bits per heavy atom. The number of H-pyrrole nitrogens is 1. The van der Waals surface area contributed by atoms with Crippen LogP contribution in [0.5, 0.6) is 0 Å². The fourth-order valence-electron chi connectivity index (χ4n) is 4.60. The van der Waals surface area contributed by atoms with E-state index in [1.54, 1.807) is 6.07 Å². The zero-order valence-electron chi connectivity index (χ0n) is 20.1. The highest BCUT2D eigenvalue weighted by Crippen LogP contribution is 2.33. The van der Waals surface area contributed by atoms with Crippen molar-refractivity contribution in [3.63, 3.8) is 0 Å². The Labute approximate surface area is 214 Å². The molecule has 0 radical (unpaired) electrons. The Kier molecular flexibility index (Phi) is 5.75. The van der Waals surface area contributed by atoms with Crippen LogP contribution in [0.3, 0.4) is 0 Å². The Bertz CT molecular complexity index is 1750. The molecule has 1 aliphatic rings. The van der Waals surface area contributed by atoms with Crippen molar-refractivity contribution in [1.29, 1.82) is 0 Å². The van der Waals surface area contributed by atoms with Gasteiger partial charge in [0.1, 0.15) is 17.7 Å². The van der Waals surface area contributed by atoms with E-state index in [0.29, 0.717) is 17.8 Å². The third-order valence-electron chi connectivity index (χ3n) is 6.54. The minimum Gasteiger partial charge on any atom is -0.356 e. The first-order valence-corrected chi connectivity index (χ1v) is 11.9. The molecule has 0 saturated carbocycles. The average molecular weight is 511 g/mol. The van der Waals surface area contributed by atoms with Crippen molar-refractivity contribution in [3.05, 3.63) is 93.1 Å². The van der Waals surface area contributed by atoms with Crippen molar-refractivity contribution in [2.45, 2.75) is 32.4 Å². The summed E-state index contributed by atoms with van der Waals surface area (Å²) in [5.74, 6) is -1.09. The van der Waals surface area contributed by atoms with Crippen LogP contribution in [0.25, 0.3) is 22.4 Å². The predicted molar refractivity (Wildman–Crippen MR) is 133 cm³/mol. The molecule has 2 aromatic carbocycles. The smallest absolute Gasteiger partial charge is 0.356 e. The number of aromatic amines is 1. The van der Waals surface area contributed by atoms with E-state index in [4.69, 9.17) is 4.52 Å². The second-order valence-electron chi connectivity index (χ2n) is 8.99. The van der Waals surface area contributed by atoms with E-state index >= 15 is 0 Å². The highest BCUT2D eigenvalue weighted by Gasteiger charge is 2.26. The lowest BCUT2D eigenvalue weighted by Crippen LogP contribution is -2.29. The van der Waals surface area contributed by atoms with Crippen molar-refractivity contribution in [2.24, 2.45) is 0 Å².